The Labute approximate surface area is 138 Å². The Kier molecular flexibility index (Phi) is 5.08. The van der Waals surface area contributed by atoms with Gasteiger partial charge in [0.05, 0.1) is 11.3 Å². The molecule has 0 unspecified atom stereocenters. The molecule has 0 atom stereocenters. The first-order chi connectivity index (χ1) is 10.3. The molecule has 0 radical (unpaired) electrons. The van der Waals surface area contributed by atoms with Crippen molar-refractivity contribution in [2.45, 2.75) is 38.4 Å². The third-order valence-corrected chi connectivity index (χ3v) is 4.03. The summed E-state index contributed by atoms with van der Waals surface area (Å²) in [4.78, 5) is 12.1. The van der Waals surface area contributed by atoms with Crippen molar-refractivity contribution < 1.29 is 4.79 Å². The molecular formula is C14H18ClN5OS. The second-order valence-corrected chi connectivity index (χ2v) is 7.22. The summed E-state index contributed by atoms with van der Waals surface area (Å²) in [6, 6.07) is 5.35. The average molecular weight is 340 g/mol. The van der Waals surface area contributed by atoms with Crippen LogP contribution in [0.15, 0.2) is 23.4 Å². The van der Waals surface area contributed by atoms with Gasteiger partial charge in [0.25, 0.3) is 0 Å². The van der Waals surface area contributed by atoms with E-state index in [9.17, 15) is 4.79 Å². The van der Waals surface area contributed by atoms with Crippen LogP contribution in [0.4, 0.5) is 5.69 Å². The summed E-state index contributed by atoms with van der Waals surface area (Å²) >= 11 is 7.21. The van der Waals surface area contributed by atoms with Crippen molar-refractivity contribution >= 4 is 35.0 Å². The molecule has 0 saturated carbocycles. The summed E-state index contributed by atoms with van der Waals surface area (Å²) in [6.07, 6.45) is 0. The zero-order valence-electron chi connectivity index (χ0n) is 12.9. The number of aryl methyl sites for hydroxylation is 1. The van der Waals surface area contributed by atoms with E-state index in [2.05, 4.69) is 20.8 Å². The molecule has 0 spiro atoms. The van der Waals surface area contributed by atoms with Crippen LogP contribution in [0.5, 0.6) is 0 Å². The number of tetrazole rings is 1. The summed E-state index contributed by atoms with van der Waals surface area (Å²) < 4.78 is 1.71. The SMILES string of the molecule is Cc1cc(Cl)ccc1NC(=O)CSc1nnnn1C(C)(C)C. The quantitative estimate of drug-likeness (QED) is 0.866. The molecule has 0 aliphatic rings. The molecule has 2 aromatic rings. The van der Waals surface area contributed by atoms with Crippen molar-refractivity contribution in [3.63, 3.8) is 0 Å². The highest BCUT2D eigenvalue weighted by molar-refractivity contribution is 7.99. The first-order valence-corrected chi connectivity index (χ1v) is 8.11. The van der Waals surface area contributed by atoms with Gasteiger partial charge in [-0.05, 0) is 61.9 Å². The standard InChI is InChI=1S/C14H18ClN5OS/c1-9-7-10(15)5-6-11(9)16-12(21)8-22-13-17-18-19-20(13)14(2,3)4/h5-7H,8H2,1-4H3,(H,16,21). The van der Waals surface area contributed by atoms with E-state index in [1.807, 2.05) is 33.8 Å². The first kappa shape index (κ1) is 16.8. The number of carbonyl (C=O) groups is 1. The Morgan fingerprint density at radius 1 is 1.41 bits per heavy atom. The molecule has 0 fully saturated rings. The molecule has 1 aromatic heterocycles. The Hall–Kier alpha value is -1.60. The molecule has 0 aliphatic carbocycles. The van der Waals surface area contributed by atoms with Crippen LogP contribution in [-0.4, -0.2) is 31.9 Å². The normalized spacial score (nSPS) is 11.5. The van der Waals surface area contributed by atoms with Crippen molar-refractivity contribution in [2.24, 2.45) is 0 Å². The van der Waals surface area contributed by atoms with E-state index in [1.54, 1.807) is 16.8 Å². The Bertz CT molecular complexity index is 680. The topological polar surface area (TPSA) is 72.7 Å². The summed E-state index contributed by atoms with van der Waals surface area (Å²) in [5, 5.41) is 15.7. The Morgan fingerprint density at radius 3 is 2.77 bits per heavy atom. The predicted octanol–water partition coefficient (Wildman–Crippen LogP) is 3.12. The third-order valence-electron chi connectivity index (χ3n) is 2.87. The fraction of sp³-hybridized carbons (Fsp3) is 0.429. The molecule has 2 rings (SSSR count). The number of halogens is 1. The van der Waals surface area contributed by atoms with Crippen LogP contribution < -0.4 is 5.32 Å². The maximum absolute atomic E-state index is 12.1. The summed E-state index contributed by atoms with van der Waals surface area (Å²) in [7, 11) is 0. The van der Waals surface area contributed by atoms with Gasteiger partial charge in [0.2, 0.25) is 11.1 Å². The number of aromatic nitrogens is 4. The van der Waals surface area contributed by atoms with Gasteiger partial charge in [-0.2, -0.15) is 0 Å². The van der Waals surface area contributed by atoms with Crippen LogP contribution in [0.25, 0.3) is 0 Å². The van der Waals surface area contributed by atoms with E-state index < -0.39 is 0 Å². The lowest BCUT2D eigenvalue weighted by Crippen LogP contribution is -2.24. The van der Waals surface area contributed by atoms with Crippen molar-refractivity contribution in [1.29, 1.82) is 0 Å². The van der Waals surface area contributed by atoms with E-state index in [0.717, 1.165) is 11.3 Å². The van der Waals surface area contributed by atoms with E-state index in [-0.39, 0.29) is 17.2 Å². The Balaban J connectivity index is 1.98. The summed E-state index contributed by atoms with van der Waals surface area (Å²) in [5.41, 5.74) is 1.45. The maximum Gasteiger partial charge on any atom is 0.234 e. The highest BCUT2D eigenvalue weighted by Gasteiger charge is 2.20. The fourth-order valence-electron chi connectivity index (χ4n) is 1.77. The summed E-state index contributed by atoms with van der Waals surface area (Å²) in [6.45, 7) is 7.91. The number of amides is 1. The van der Waals surface area contributed by atoms with Gasteiger partial charge in [-0.25, -0.2) is 4.68 Å². The zero-order chi connectivity index (χ0) is 16.3. The van der Waals surface area contributed by atoms with Crippen molar-refractivity contribution in [1.82, 2.24) is 20.2 Å². The van der Waals surface area contributed by atoms with Crippen LogP contribution in [-0.2, 0) is 10.3 Å². The first-order valence-electron chi connectivity index (χ1n) is 6.75. The van der Waals surface area contributed by atoms with Gasteiger partial charge in [-0.15, -0.1) is 5.10 Å². The second kappa shape index (κ2) is 6.66. The number of nitrogens with zero attached hydrogens (tertiary/aromatic N) is 4. The van der Waals surface area contributed by atoms with Crippen LogP contribution in [0.3, 0.4) is 0 Å². The van der Waals surface area contributed by atoms with Crippen molar-refractivity contribution in [3.8, 4) is 0 Å². The molecule has 0 bridgehead atoms. The lowest BCUT2D eigenvalue weighted by molar-refractivity contribution is -0.113. The third kappa shape index (κ3) is 4.20. The van der Waals surface area contributed by atoms with E-state index in [1.165, 1.54) is 11.8 Å². The minimum absolute atomic E-state index is 0.112. The smallest absolute Gasteiger partial charge is 0.234 e. The van der Waals surface area contributed by atoms with E-state index in [4.69, 9.17) is 11.6 Å². The van der Waals surface area contributed by atoms with Crippen molar-refractivity contribution in [3.05, 3.63) is 28.8 Å². The number of benzene rings is 1. The van der Waals surface area contributed by atoms with Crippen molar-refractivity contribution in [2.75, 3.05) is 11.1 Å². The Morgan fingerprint density at radius 2 is 2.14 bits per heavy atom. The molecule has 0 saturated heterocycles. The highest BCUT2D eigenvalue weighted by atomic mass is 35.5. The number of hydrogen-bond acceptors (Lipinski definition) is 5. The van der Waals surface area contributed by atoms with E-state index >= 15 is 0 Å². The molecule has 1 heterocycles. The number of rotatable bonds is 4. The fourth-order valence-corrected chi connectivity index (χ4v) is 2.86. The average Bonchev–Trinajstić information content (AvgIpc) is 2.88. The van der Waals surface area contributed by atoms with Gasteiger partial charge in [-0.1, -0.05) is 23.4 Å². The molecule has 0 aliphatic heterocycles. The molecule has 6 nitrogen and oxygen atoms in total. The van der Waals surface area contributed by atoms with Gasteiger partial charge < -0.3 is 5.32 Å². The van der Waals surface area contributed by atoms with Gasteiger partial charge in [0, 0.05) is 10.7 Å². The van der Waals surface area contributed by atoms with Gasteiger partial charge >= 0.3 is 0 Å². The van der Waals surface area contributed by atoms with Gasteiger partial charge in [0.1, 0.15) is 0 Å². The zero-order valence-corrected chi connectivity index (χ0v) is 14.5. The number of anilines is 1. The highest BCUT2D eigenvalue weighted by Crippen LogP contribution is 2.23. The molecule has 8 heteroatoms. The van der Waals surface area contributed by atoms with Crippen LogP contribution in [0.2, 0.25) is 5.02 Å². The molecular weight excluding hydrogens is 322 g/mol. The number of thioether (sulfide) groups is 1. The van der Waals surface area contributed by atoms with Crippen LogP contribution in [0, 0.1) is 6.92 Å². The van der Waals surface area contributed by atoms with Gasteiger partial charge in [0.15, 0.2) is 0 Å². The molecule has 1 aromatic carbocycles. The monoisotopic (exact) mass is 339 g/mol. The van der Waals surface area contributed by atoms with Crippen LogP contribution in [0.1, 0.15) is 26.3 Å². The van der Waals surface area contributed by atoms with Crippen LogP contribution >= 0.6 is 23.4 Å². The second-order valence-electron chi connectivity index (χ2n) is 5.84. The largest absolute Gasteiger partial charge is 0.325 e. The summed E-state index contributed by atoms with van der Waals surface area (Å²) in [5.74, 6) is 0.122. The maximum atomic E-state index is 12.1. The predicted molar refractivity (Wildman–Crippen MR) is 88.4 cm³/mol. The molecule has 22 heavy (non-hydrogen) atoms. The van der Waals surface area contributed by atoms with Gasteiger partial charge in [-0.3, -0.25) is 4.79 Å². The number of nitrogens with one attached hydrogen (secondary N) is 1. The minimum atomic E-state index is -0.227. The van der Waals surface area contributed by atoms with E-state index in [0.29, 0.717) is 10.2 Å². The minimum Gasteiger partial charge on any atom is -0.325 e. The number of carbonyl (C=O) groups excluding carboxylic acids is 1. The number of hydrogen-bond donors (Lipinski definition) is 1. The molecule has 118 valence electrons. The molecule has 1 N–H and O–H groups in total. The lowest BCUT2D eigenvalue weighted by atomic mass is 10.1. The lowest BCUT2D eigenvalue weighted by Gasteiger charge is -2.19. The molecule has 1 amide bonds.